The predicted octanol–water partition coefficient (Wildman–Crippen LogP) is 1.61. The Morgan fingerprint density at radius 2 is 1.90 bits per heavy atom. The summed E-state index contributed by atoms with van der Waals surface area (Å²) in [7, 11) is 0. The fourth-order valence-corrected chi connectivity index (χ4v) is 2.63. The van der Waals surface area contributed by atoms with E-state index in [0.29, 0.717) is 32.1 Å². The van der Waals surface area contributed by atoms with Crippen molar-refractivity contribution in [3.63, 3.8) is 0 Å². The minimum Gasteiger partial charge on any atom is -0.387 e. The van der Waals surface area contributed by atoms with E-state index in [2.05, 4.69) is 24.4 Å². The van der Waals surface area contributed by atoms with E-state index in [1.54, 1.807) is 0 Å². The summed E-state index contributed by atoms with van der Waals surface area (Å²) < 4.78 is 0. The minimum atomic E-state index is -0.613. The molecule has 1 aliphatic heterocycles. The van der Waals surface area contributed by atoms with Gasteiger partial charge < -0.3 is 10.4 Å². The standard InChI is InChI=1S/C17H26N2O2/c1-13(2)17(21)11-19(12-17)10-16(20)18-9-14(3)15-7-5-4-6-8-15/h4-8,13-14,21H,9-12H2,1-3H3,(H,18,20). The van der Waals surface area contributed by atoms with E-state index in [0.717, 1.165) is 0 Å². The van der Waals surface area contributed by atoms with Crippen molar-refractivity contribution in [1.82, 2.24) is 10.2 Å². The molecule has 1 fully saturated rings. The molecule has 1 aliphatic rings. The molecule has 1 saturated heterocycles. The van der Waals surface area contributed by atoms with Crippen LogP contribution >= 0.6 is 0 Å². The molecule has 0 aliphatic carbocycles. The molecule has 1 atom stereocenters. The molecule has 116 valence electrons. The smallest absolute Gasteiger partial charge is 0.234 e. The van der Waals surface area contributed by atoms with Crippen molar-refractivity contribution in [1.29, 1.82) is 0 Å². The highest BCUT2D eigenvalue weighted by Crippen LogP contribution is 2.27. The second-order valence-electron chi connectivity index (χ2n) is 6.52. The Morgan fingerprint density at radius 3 is 2.48 bits per heavy atom. The van der Waals surface area contributed by atoms with Crippen LogP contribution in [0.3, 0.4) is 0 Å². The van der Waals surface area contributed by atoms with Crippen LogP contribution in [0.25, 0.3) is 0 Å². The van der Waals surface area contributed by atoms with Crippen LogP contribution in [-0.2, 0) is 4.79 Å². The third-order valence-corrected chi connectivity index (χ3v) is 4.41. The van der Waals surface area contributed by atoms with Crippen LogP contribution in [0.4, 0.5) is 0 Å². The van der Waals surface area contributed by atoms with Gasteiger partial charge in [0.1, 0.15) is 0 Å². The fourth-order valence-electron chi connectivity index (χ4n) is 2.63. The normalized spacial score (nSPS) is 19.1. The summed E-state index contributed by atoms with van der Waals surface area (Å²) in [6, 6.07) is 10.2. The Balaban J connectivity index is 1.70. The van der Waals surface area contributed by atoms with E-state index in [4.69, 9.17) is 0 Å². The van der Waals surface area contributed by atoms with Gasteiger partial charge in [0.25, 0.3) is 0 Å². The van der Waals surface area contributed by atoms with Crippen LogP contribution in [0.2, 0.25) is 0 Å². The number of nitrogens with one attached hydrogen (secondary N) is 1. The van der Waals surface area contributed by atoms with Gasteiger partial charge in [0.05, 0.1) is 12.1 Å². The van der Waals surface area contributed by atoms with E-state index < -0.39 is 5.60 Å². The first-order valence-corrected chi connectivity index (χ1v) is 7.67. The van der Waals surface area contributed by atoms with E-state index in [1.807, 2.05) is 36.9 Å². The number of hydrogen-bond donors (Lipinski definition) is 2. The average Bonchev–Trinajstić information content (AvgIpc) is 2.43. The molecule has 0 bridgehead atoms. The number of benzene rings is 1. The van der Waals surface area contributed by atoms with Crippen LogP contribution in [0.1, 0.15) is 32.3 Å². The lowest BCUT2D eigenvalue weighted by atomic mass is 9.83. The van der Waals surface area contributed by atoms with E-state index in [-0.39, 0.29) is 11.8 Å². The van der Waals surface area contributed by atoms with Crippen molar-refractivity contribution in [2.75, 3.05) is 26.2 Å². The molecule has 2 rings (SSSR count). The molecular weight excluding hydrogens is 264 g/mol. The maximum atomic E-state index is 11.9. The summed E-state index contributed by atoms with van der Waals surface area (Å²) in [4.78, 5) is 13.9. The third kappa shape index (κ3) is 4.05. The van der Waals surface area contributed by atoms with E-state index in [9.17, 15) is 9.90 Å². The predicted molar refractivity (Wildman–Crippen MR) is 84.1 cm³/mol. The van der Waals surface area contributed by atoms with Gasteiger partial charge in [0, 0.05) is 19.6 Å². The lowest BCUT2D eigenvalue weighted by Crippen LogP contribution is -2.65. The zero-order valence-corrected chi connectivity index (χ0v) is 13.2. The summed E-state index contributed by atoms with van der Waals surface area (Å²) >= 11 is 0. The average molecular weight is 290 g/mol. The Hall–Kier alpha value is -1.39. The van der Waals surface area contributed by atoms with Gasteiger partial charge in [0.2, 0.25) is 5.91 Å². The highest BCUT2D eigenvalue weighted by atomic mass is 16.3. The van der Waals surface area contributed by atoms with Gasteiger partial charge in [-0.15, -0.1) is 0 Å². The number of amides is 1. The zero-order chi connectivity index (χ0) is 15.5. The van der Waals surface area contributed by atoms with Crippen molar-refractivity contribution in [3.05, 3.63) is 35.9 Å². The molecular formula is C17H26N2O2. The molecule has 1 aromatic rings. The molecule has 0 radical (unpaired) electrons. The summed E-state index contributed by atoms with van der Waals surface area (Å²) in [6.45, 7) is 8.33. The SMILES string of the molecule is CC(CNC(=O)CN1CC(O)(C(C)C)C1)c1ccccc1. The molecule has 0 aromatic heterocycles. The highest BCUT2D eigenvalue weighted by Gasteiger charge is 2.43. The van der Waals surface area contributed by atoms with Gasteiger partial charge >= 0.3 is 0 Å². The highest BCUT2D eigenvalue weighted by molar-refractivity contribution is 5.78. The van der Waals surface area contributed by atoms with Gasteiger partial charge in [-0.2, -0.15) is 0 Å². The van der Waals surface area contributed by atoms with Crippen LogP contribution < -0.4 is 5.32 Å². The van der Waals surface area contributed by atoms with Crippen LogP contribution in [0.15, 0.2) is 30.3 Å². The largest absolute Gasteiger partial charge is 0.387 e. The Bertz CT molecular complexity index is 467. The summed E-state index contributed by atoms with van der Waals surface area (Å²) in [6.07, 6.45) is 0. The van der Waals surface area contributed by atoms with Crippen molar-refractivity contribution in [2.45, 2.75) is 32.3 Å². The number of aliphatic hydroxyl groups is 1. The van der Waals surface area contributed by atoms with Crippen molar-refractivity contribution >= 4 is 5.91 Å². The number of nitrogens with zero attached hydrogens (tertiary/aromatic N) is 1. The van der Waals surface area contributed by atoms with Gasteiger partial charge in [-0.05, 0) is 17.4 Å². The molecule has 21 heavy (non-hydrogen) atoms. The van der Waals surface area contributed by atoms with Crippen LogP contribution in [0, 0.1) is 5.92 Å². The monoisotopic (exact) mass is 290 g/mol. The minimum absolute atomic E-state index is 0.0311. The first kappa shape index (κ1) is 16.0. The topological polar surface area (TPSA) is 52.6 Å². The number of carbonyl (C=O) groups is 1. The Labute approximate surface area is 127 Å². The zero-order valence-electron chi connectivity index (χ0n) is 13.2. The Kier molecular flexibility index (Phi) is 5.01. The first-order chi connectivity index (χ1) is 9.90. The number of β-amino-alcohol motifs (C(OH)–C–C–N with tert-alkyl or cyclic N) is 1. The second-order valence-corrected chi connectivity index (χ2v) is 6.52. The molecule has 1 amide bonds. The van der Waals surface area contributed by atoms with E-state index in [1.165, 1.54) is 5.56 Å². The lowest BCUT2D eigenvalue weighted by molar-refractivity contribution is -0.142. The molecule has 1 aromatic carbocycles. The summed E-state index contributed by atoms with van der Waals surface area (Å²) in [5.74, 6) is 0.567. The molecule has 0 saturated carbocycles. The molecule has 4 heteroatoms. The Morgan fingerprint density at radius 1 is 1.29 bits per heavy atom. The number of likely N-dealkylation sites (tertiary alicyclic amines) is 1. The molecule has 1 unspecified atom stereocenters. The van der Waals surface area contributed by atoms with Crippen molar-refractivity contribution in [3.8, 4) is 0 Å². The molecule has 1 heterocycles. The molecule has 2 N–H and O–H groups in total. The summed E-state index contributed by atoms with van der Waals surface area (Å²) in [5.41, 5.74) is 0.619. The van der Waals surface area contributed by atoms with Gasteiger partial charge in [-0.25, -0.2) is 0 Å². The van der Waals surface area contributed by atoms with E-state index >= 15 is 0 Å². The van der Waals surface area contributed by atoms with Gasteiger partial charge in [-0.3, -0.25) is 9.69 Å². The number of hydrogen-bond acceptors (Lipinski definition) is 3. The van der Waals surface area contributed by atoms with Gasteiger partial charge in [-0.1, -0.05) is 51.1 Å². The summed E-state index contributed by atoms with van der Waals surface area (Å²) in [5, 5.41) is 13.1. The quantitative estimate of drug-likeness (QED) is 0.837. The maximum absolute atomic E-state index is 11.9. The van der Waals surface area contributed by atoms with Crippen LogP contribution in [0.5, 0.6) is 0 Å². The van der Waals surface area contributed by atoms with Crippen molar-refractivity contribution < 1.29 is 9.90 Å². The van der Waals surface area contributed by atoms with Crippen molar-refractivity contribution in [2.24, 2.45) is 5.92 Å². The fraction of sp³-hybridized carbons (Fsp3) is 0.588. The first-order valence-electron chi connectivity index (χ1n) is 7.67. The number of rotatable bonds is 6. The van der Waals surface area contributed by atoms with Gasteiger partial charge in [0.15, 0.2) is 0 Å². The van der Waals surface area contributed by atoms with Crippen LogP contribution in [-0.4, -0.2) is 47.7 Å². The third-order valence-electron chi connectivity index (χ3n) is 4.41. The second kappa shape index (κ2) is 6.58. The lowest BCUT2D eigenvalue weighted by Gasteiger charge is -2.48. The number of carbonyl (C=O) groups excluding carboxylic acids is 1. The molecule has 0 spiro atoms. The maximum Gasteiger partial charge on any atom is 0.234 e. The molecule has 4 nitrogen and oxygen atoms in total.